The van der Waals surface area contributed by atoms with E-state index in [1.165, 1.54) is 6.07 Å². The molecule has 0 aliphatic heterocycles. The van der Waals surface area contributed by atoms with Crippen molar-refractivity contribution in [3.05, 3.63) is 34.6 Å². The van der Waals surface area contributed by atoms with Gasteiger partial charge in [-0.15, -0.1) is 6.42 Å². The minimum Gasteiger partial charge on any atom is -0.300 e. The summed E-state index contributed by atoms with van der Waals surface area (Å²) in [5.41, 5.74) is 0.915. The predicted octanol–water partition coefficient (Wildman–Crippen LogP) is 2.59. The van der Waals surface area contributed by atoms with Gasteiger partial charge in [0.25, 0.3) is 0 Å². The van der Waals surface area contributed by atoms with Crippen LogP contribution in [0.1, 0.15) is 12.5 Å². The number of terminal acetylenes is 1. The summed E-state index contributed by atoms with van der Waals surface area (Å²) in [4.78, 5) is 0. The smallest absolute Gasteiger partial charge is 0.141 e. The van der Waals surface area contributed by atoms with Crippen LogP contribution in [0.3, 0.4) is 0 Å². The van der Waals surface area contributed by atoms with Gasteiger partial charge < -0.3 is 0 Å². The molecule has 0 amide bonds. The van der Waals surface area contributed by atoms with E-state index in [0.717, 1.165) is 5.56 Å². The van der Waals surface area contributed by atoms with E-state index in [-0.39, 0.29) is 11.1 Å². The van der Waals surface area contributed by atoms with Gasteiger partial charge in [-0.25, -0.2) is 4.39 Å². The first kappa shape index (κ1) is 11.0. The van der Waals surface area contributed by atoms with Crippen LogP contribution in [0, 0.1) is 18.2 Å². The molecular formula is C11H11ClFN. The minimum atomic E-state index is -0.402. The van der Waals surface area contributed by atoms with Crippen molar-refractivity contribution in [2.45, 2.75) is 19.5 Å². The zero-order chi connectivity index (χ0) is 10.6. The molecule has 1 aromatic rings. The molecular weight excluding hydrogens is 201 g/mol. The lowest BCUT2D eigenvalue weighted by atomic mass is 10.2. The van der Waals surface area contributed by atoms with Crippen LogP contribution in [0.25, 0.3) is 0 Å². The second-order valence-electron chi connectivity index (χ2n) is 3.02. The molecule has 1 aromatic carbocycles. The van der Waals surface area contributed by atoms with Crippen LogP contribution < -0.4 is 5.32 Å². The lowest BCUT2D eigenvalue weighted by molar-refractivity contribution is 0.622. The first-order chi connectivity index (χ1) is 6.63. The third kappa shape index (κ3) is 3.02. The van der Waals surface area contributed by atoms with Gasteiger partial charge in [-0.3, -0.25) is 5.32 Å². The number of halogens is 2. The van der Waals surface area contributed by atoms with Crippen molar-refractivity contribution in [3.63, 3.8) is 0 Å². The van der Waals surface area contributed by atoms with E-state index < -0.39 is 5.82 Å². The van der Waals surface area contributed by atoms with Crippen LogP contribution in [-0.2, 0) is 6.54 Å². The maximum absolute atomic E-state index is 12.8. The molecule has 1 nitrogen and oxygen atoms in total. The first-order valence-electron chi connectivity index (χ1n) is 4.27. The van der Waals surface area contributed by atoms with Crippen molar-refractivity contribution in [1.82, 2.24) is 5.32 Å². The summed E-state index contributed by atoms with van der Waals surface area (Å²) in [7, 11) is 0. The highest BCUT2D eigenvalue weighted by atomic mass is 35.5. The Morgan fingerprint density at radius 2 is 2.36 bits per heavy atom. The Morgan fingerprint density at radius 3 is 2.93 bits per heavy atom. The van der Waals surface area contributed by atoms with Gasteiger partial charge in [0.1, 0.15) is 5.82 Å². The highest BCUT2D eigenvalue weighted by Gasteiger charge is 2.01. The monoisotopic (exact) mass is 211 g/mol. The predicted molar refractivity (Wildman–Crippen MR) is 56.5 cm³/mol. The summed E-state index contributed by atoms with van der Waals surface area (Å²) in [6.45, 7) is 2.47. The Bertz CT molecular complexity index is 357. The fraction of sp³-hybridized carbons (Fsp3) is 0.273. The summed E-state index contributed by atoms with van der Waals surface area (Å²) in [6, 6.07) is 4.61. The molecule has 0 aliphatic rings. The quantitative estimate of drug-likeness (QED) is 0.758. The zero-order valence-corrected chi connectivity index (χ0v) is 8.61. The van der Waals surface area contributed by atoms with Crippen molar-refractivity contribution in [2.24, 2.45) is 0 Å². The van der Waals surface area contributed by atoms with Gasteiger partial charge in [-0.05, 0) is 24.6 Å². The molecule has 0 saturated carbocycles. The Labute approximate surface area is 88.3 Å². The van der Waals surface area contributed by atoms with Crippen LogP contribution in [0.4, 0.5) is 4.39 Å². The van der Waals surface area contributed by atoms with E-state index in [0.29, 0.717) is 6.54 Å². The van der Waals surface area contributed by atoms with Crippen LogP contribution in [0.15, 0.2) is 18.2 Å². The Balaban J connectivity index is 2.61. The Morgan fingerprint density at radius 1 is 1.64 bits per heavy atom. The zero-order valence-electron chi connectivity index (χ0n) is 7.85. The first-order valence-corrected chi connectivity index (χ1v) is 4.64. The molecule has 1 rings (SSSR count). The van der Waals surface area contributed by atoms with Gasteiger partial charge >= 0.3 is 0 Å². The second-order valence-corrected chi connectivity index (χ2v) is 3.42. The maximum Gasteiger partial charge on any atom is 0.141 e. The number of hydrogen-bond acceptors (Lipinski definition) is 1. The van der Waals surface area contributed by atoms with Crippen LogP contribution >= 0.6 is 11.6 Å². The molecule has 0 aliphatic carbocycles. The molecule has 1 unspecified atom stereocenters. The third-order valence-electron chi connectivity index (χ3n) is 1.85. The summed E-state index contributed by atoms with van der Waals surface area (Å²) in [5.74, 6) is 2.14. The van der Waals surface area contributed by atoms with Gasteiger partial charge in [0.15, 0.2) is 0 Å². The van der Waals surface area contributed by atoms with Crippen molar-refractivity contribution in [1.29, 1.82) is 0 Å². The third-order valence-corrected chi connectivity index (χ3v) is 2.14. The van der Waals surface area contributed by atoms with E-state index in [1.54, 1.807) is 12.1 Å². The standard InChI is InChI=1S/C11H11ClFN/c1-3-8(2)14-7-9-4-5-11(13)10(12)6-9/h1,4-6,8,14H,7H2,2H3. The van der Waals surface area contributed by atoms with Crippen molar-refractivity contribution >= 4 is 11.6 Å². The van der Waals surface area contributed by atoms with Gasteiger partial charge in [0.05, 0.1) is 11.1 Å². The molecule has 0 aromatic heterocycles. The molecule has 0 radical (unpaired) electrons. The lowest BCUT2D eigenvalue weighted by Crippen LogP contribution is -2.23. The molecule has 0 spiro atoms. The molecule has 0 fully saturated rings. The second kappa shape index (κ2) is 4.99. The van der Waals surface area contributed by atoms with E-state index >= 15 is 0 Å². The van der Waals surface area contributed by atoms with Crippen molar-refractivity contribution in [2.75, 3.05) is 0 Å². The van der Waals surface area contributed by atoms with Gasteiger partial charge in [0, 0.05) is 6.54 Å². The fourth-order valence-electron chi connectivity index (χ4n) is 0.979. The molecule has 1 atom stereocenters. The van der Waals surface area contributed by atoms with Crippen LogP contribution in [-0.4, -0.2) is 6.04 Å². The van der Waals surface area contributed by atoms with Gasteiger partial charge in [0.2, 0.25) is 0 Å². The van der Waals surface area contributed by atoms with Crippen LogP contribution in [0.2, 0.25) is 5.02 Å². The molecule has 3 heteroatoms. The highest BCUT2D eigenvalue weighted by Crippen LogP contribution is 2.15. The topological polar surface area (TPSA) is 12.0 Å². The molecule has 1 N–H and O–H groups in total. The normalized spacial score (nSPS) is 12.1. The van der Waals surface area contributed by atoms with Gasteiger partial charge in [-0.2, -0.15) is 0 Å². The van der Waals surface area contributed by atoms with E-state index in [9.17, 15) is 4.39 Å². The SMILES string of the molecule is C#CC(C)NCc1ccc(F)c(Cl)c1. The summed E-state index contributed by atoms with van der Waals surface area (Å²) in [6.07, 6.45) is 5.19. The van der Waals surface area contributed by atoms with Gasteiger partial charge in [-0.1, -0.05) is 23.6 Å². The number of nitrogens with one attached hydrogen (secondary N) is 1. The Kier molecular flexibility index (Phi) is 3.94. The molecule has 74 valence electrons. The minimum absolute atomic E-state index is 0.00108. The lowest BCUT2D eigenvalue weighted by Gasteiger charge is -2.07. The highest BCUT2D eigenvalue weighted by molar-refractivity contribution is 6.30. The number of rotatable bonds is 3. The summed E-state index contributed by atoms with van der Waals surface area (Å²) in [5, 5.41) is 3.21. The average Bonchev–Trinajstić information content (AvgIpc) is 2.19. The molecule has 14 heavy (non-hydrogen) atoms. The van der Waals surface area contributed by atoms with E-state index in [2.05, 4.69) is 11.2 Å². The number of benzene rings is 1. The largest absolute Gasteiger partial charge is 0.300 e. The average molecular weight is 212 g/mol. The van der Waals surface area contributed by atoms with E-state index in [4.69, 9.17) is 18.0 Å². The fourth-order valence-corrected chi connectivity index (χ4v) is 1.18. The van der Waals surface area contributed by atoms with Crippen LogP contribution in [0.5, 0.6) is 0 Å². The molecule has 0 bridgehead atoms. The molecule has 0 heterocycles. The summed E-state index contributed by atoms with van der Waals surface area (Å²) < 4.78 is 12.8. The van der Waals surface area contributed by atoms with Crippen molar-refractivity contribution < 1.29 is 4.39 Å². The summed E-state index contributed by atoms with van der Waals surface area (Å²) >= 11 is 5.62. The Hall–Kier alpha value is -1.04. The maximum atomic E-state index is 12.8. The van der Waals surface area contributed by atoms with Crippen molar-refractivity contribution in [3.8, 4) is 12.3 Å². The number of hydrogen-bond donors (Lipinski definition) is 1. The van der Waals surface area contributed by atoms with E-state index in [1.807, 2.05) is 6.92 Å². The molecule has 0 saturated heterocycles.